The van der Waals surface area contributed by atoms with E-state index < -0.39 is 0 Å². The lowest BCUT2D eigenvalue weighted by Crippen LogP contribution is -2.33. The van der Waals surface area contributed by atoms with E-state index >= 15 is 0 Å². The predicted octanol–water partition coefficient (Wildman–Crippen LogP) is 2.80. The molecule has 0 atom stereocenters. The quantitative estimate of drug-likeness (QED) is 0.753. The van der Waals surface area contributed by atoms with Crippen LogP contribution in [-0.4, -0.2) is 18.8 Å². The van der Waals surface area contributed by atoms with Gasteiger partial charge in [0.25, 0.3) is 0 Å². The van der Waals surface area contributed by atoms with Crippen LogP contribution in [-0.2, 0) is 4.74 Å². The minimum Gasteiger partial charge on any atom is -0.398 e. The van der Waals surface area contributed by atoms with Gasteiger partial charge in [0, 0.05) is 24.5 Å². The lowest BCUT2D eigenvalue weighted by Gasteiger charge is -2.26. The van der Waals surface area contributed by atoms with Crippen LogP contribution in [0.4, 0.5) is 11.4 Å². The van der Waals surface area contributed by atoms with E-state index in [-0.39, 0.29) is 5.60 Å². The van der Waals surface area contributed by atoms with Gasteiger partial charge >= 0.3 is 0 Å². The molecule has 0 aliphatic rings. The molecule has 0 radical (unpaired) electrons. The van der Waals surface area contributed by atoms with Crippen molar-refractivity contribution in [2.45, 2.75) is 33.3 Å². The molecule has 0 amide bonds. The normalized spacial score (nSPS) is 11.5. The zero-order valence-electron chi connectivity index (χ0n) is 10.6. The van der Waals surface area contributed by atoms with Crippen molar-refractivity contribution in [1.82, 2.24) is 0 Å². The zero-order valence-corrected chi connectivity index (χ0v) is 10.6. The minimum absolute atomic E-state index is 0.161. The zero-order chi connectivity index (χ0) is 12.2. The Morgan fingerprint density at radius 2 is 2.06 bits per heavy atom. The summed E-state index contributed by atoms with van der Waals surface area (Å²) in [6.45, 7) is 9.67. The number of nitrogen functional groups attached to an aromatic ring is 1. The fourth-order valence-electron chi connectivity index (χ4n) is 1.59. The van der Waals surface area contributed by atoms with Crippen molar-refractivity contribution in [3.05, 3.63) is 23.8 Å². The molecule has 0 fully saturated rings. The molecule has 0 aromatic heterocycles. The van der Waals surface area contributed by atoms with Crippen LogP contribution >= 0.6 is 0 Å². The van der Waals surface area contributed by atoms with Gasteiger partial charge in [-0.15, -0.1) is 0 Å². The van der Waals surface area contributed by atoms with E-state index in [2.05, 4.69) is 19.2 Å². The van der Waals surface area contributed by atoms with Crippen LogP contribution in [0, 0.1) is 6.92 Å². The third-order valence-corrected chi connectivity index (χ3v) is 2.62. The van der Waals surface area contributed by atoms with Crippen LogP contribution in [0.2, 0.25) is 0 Å². The largest absolute Gasteiger partial charge is 0.398 e. The second-order valence-electron chi connectivity index (χ2n) is 4.57. The van der Waals surface area contributed by atoms with Gasteiger partial charge in [-0.2, -0.15) is 0 Å². The van der Waals surface area contributed by atoms with E-state index in [4.69, 9.17) is 10.5 Å². The highest BCUT2D eigenvalue weighted by atomic mass is 16.5. The molecule has 1 rings (SSSR count). The Kier molecular flexibility index (Phi) is 4.19. The topological polar surface area (TPSA) is 47.3 Å². The first kappa shape index (κ1) is 12.8. The van der Waals surface area contributed by atoms with E-state index in [0.717, 1.165) is 30.1 Å². The number of ether oxygens (including phenoxy) is 1. The average Bonchev–Trinajstić information content (AvgIpc) is 2.20. The molecule has 1 aromatic carbocycles. The molecular weight excluding hydrogens is 200 g/mol. The Hall–Kier alpha value is -1.22. The average molecular weight is 222 g/mol. The van der Waals surface area contributed by atoms with E-state index in [9.17, 15) is 0 Å². The lowest BCUT2D eigenvalue weighted by atomic mass is 10.1. The number of benzene rings is 1. The van der Waals surface area contributed by atoms with Crippen LogP contribution in [0.5, 0.6) is 0 Å². The smallest absolute Gasteiger partial charge is 0.0797 e. The molecule has 0 aliphatic heterocycles. The summed E-state index contributed by atoms with van der Waals surface area (Å²) < 4.78 is 5.63. The number of hydrogen-bond donors (Lipinski definition) is 2. The molecule has 0 bridgehead atoms. The van der Waals surface area contributed by atoms with Crippen LogP contribution in [0.15, 0.2) is 18.2 Å². The highest BCUT2D eigenvalue weighted by Gasteiger charge is 2.17. The van der Waals surface area contributed by atoms with Gasteiger partial charge in [-0.1, -0.05) is 6.07 Å². The maximum atomic E-state index is 5.85. The summed E-state index contributed by atoms with van der Waals surface area (Å²) in [7, 11) is 0. The van der Waals surface area contributed by atoms with Crippen LogP contribution in [0.25, 0.3) is 0 Å². The van der Waals surface area contributed by atoms with Gasteiger partial charge in [-0.05, 0) is 45.4 Å². The molecule has 0 saturated heterocycles. The third-order valence-electron chi connectivity index (χ3n) is 2.62. The maximum Gasteiger partial charge on any atom is 0.0797 e. The number of hydrogen-bond acceptors (Lipinski definition) is 3. The van der Waals surface area contributed by atoms with Gasteiger partial charge in [0.2, 0.25) is 0 Å². The molecule has 0 saturated carbocycles. The third kappa shape index (κ3) is 3.42. The van der Waals surface area contributed by atoms with Gasteiger partial charge in [0.1, 0.15) is 0 Å². The number of anilines is 2. The Bertz CT molecular complexity index is 348. The monoisotopic (exact) mass is 222 g/mol. The summed E-state index contributed by atoms with van der Waals surface area (Å²) in [5, 5.41) is 3.37. The highest BCUT2D eigenvalue weighted by Crippen LogP contribution is 2.21. The maximum absolute atomic E-state index is 5.85. The van der Waals surface area contributed by atoms with Crippen LogP contribution < -0.4 is 11.1 Å². The van der Waals surface area contributed by atoms with Crippen molar-refractivity contribution >= 4 is 11.4 Å². The van der Waals surface area contributed by atoms with E-state index in [1.54, 1.807) is 0 Å². The Labute approximate surface area is 98.0 Å². The van der Waals surface area contributed by atoms with Crippen LogP contribution in [0.3, 0.4) is 0 Å². The van der Waals surface area contributed by atoms with Gasteiger partial charge < -0.3 is 15.8 Å². The molecule has 0 spiro atoms. The van der Waals surface area contributed by atoms with E-state index in [0.29, 0.717) is 0 Å². The first-order valence-electron chi connectivity index (χ1n) is 5.69. The second kappa shape index (κ2) is 5.21. The van der Waals surface area contributed by atoms with Crippen molar-refractivity contribution in [3.8, 4) is 0 Å². The molecule has 1 aromatic rings. The molecule has 0 aliphatic carbocycles. The first-order chi connectivity index (χ1) is 7.46. The van der Waals surface area contributed by atoms with E-state index in [1.165, 1.54) is 0 Å². The lowest BCUT2D eigenvalue weighted by molar-refractivity contribution is 0.000694. The van der Waals surface area contributed by atoms with Crippen molar-refractivity contribution in [3.63, 3.8) is 0 Å². The highest BCUT2D eigenvalue weighted by molar-refractivity contribution is 5.62. The molecule has 3 N–H and O–H groups in total. The molecule has 3 heteroatoms. The molecule has 90 valence electrons. The Balaban J connectivity index is 2.64. The fraction of sp³-hybridized carbons (Fsp3) is 0.538. The van der Waals surface area contributed by atoms with E-state index in [1.807, 2.05) is 32.0 Å². The molecule has 3 nitrogen and oxygen atoms in total. The Morgan fingerprint density at radius 3 is 2.69 bits per heavy atom. The van der Waals surface area contributed by atoms with Gasteiger partial charge in [-0.25, -0.2) is 0 Å². The summed E-state index contributed by atoms with van der Waals surface area (Å²) >= 11 is 0. The van der Waals surface area contributed by atoms with Gasteiger partial charge in [-0.3, -0.25) is 0 Å². The van der Waals surface area contributed by atoms with Gasteiger partial charge in [0.05, 0.1) is 5.60 Å². The first-order valence-corrected chi connectivity index (χ1v) is 5.69. The summed E-state index contributed by atoms with van der Waals surface area (Å²) in [5.74, 6) is 0. The SMILES string of the molecule is CCOC(C)(C)CNc1cccc(N)c1C. The van der Waals surface area contributed by atoms with Crippen molar-refractivity contribution in [2.75, 3.05) is 24.2 Å². The number of nitrogens with one attached hydrogen (secondary N) is 1. The molecule has 16 heavy (non-hydrogen) atoms. The van der Waals surface area contributed by atoms with Gasteiger partial charge in [0.15, 0.2) is 0 Å². The minimum atomic E-state index is -0.161. The standard InChI is InChI=1S/C13H22N2O/c1-5-16-13(3,4)9-15-12-8-6-7-11(14)10(12)2/h6-8,15H,5,9,14H2,1-4H3. The predicted molar refractivity (Wildman–Crippen MR) is 69.8 cm³/mol. The van der Waals surface area contributed by atoms with Crippen molar-refractivity contribution in [1.29, 1.82) is 0 Å². The summed E-state index contributed by atoms with van der Waals surface area (Å²) in [5.41, 5.74) is 8.67. The molecule has 0 heterocycles. The molecular formula is C13H22N2O. The molecule has 0 unspecified atom stereocenters. The number of rotatable bonds is 5. The summed E-state index contributed by atoms with van der Waals surface area (Å²) in [6.07, 6.45) is 0. The fourth-order valence-corrected chi connectivity index (χ4v) is 1.59. The van der Waals surface area contributed by atoms with Crippen molar-refractivity contribution in [2.24, 2.45) is 0 Å². The van der Waals surface area contributed by atoms with Crippen molar-refractivity contribution < 1.29 is 4.74 Å². The number of nitrogens with two attached hydrogens (primary N) is 1. The summed E-state index contributed by atoms with van der Waals surface area (Å²) in [6, 6.07) is 5.90. The van der Waals surface area contributed by atoms with Crippen LogP contribution in [0.1, 0.15) is 26.3 Å². The Morgan fingerprint density at radius 1 is 1.38 bits per heavy atom. The summed E-state index contributed by atoms with van der Waals surface area (Å²) in [4.78, 5) is 0. The second-order valence-corrected chi connectivity index (χ2v) is 4.57.